The van der Waals surface area contributed by atoms with Crippen molar-refractivity contribution < 1.29 is 34.0 Å². The molecule has 6 rings (SSSR count). The minimum Gasteiger partial charge on any atom is -0.488 e. The summed E-state index contributed by atoms with van der Waals surface area (Å²) in [7, 11) is 0. The Balaban J connectivity index is 1.19. The summed E-state index contributed by atoms with van der Waals surface area (Å²) in [5.41, 5.74) is 7.35. The van der Waals surface area contributed by atoms with Crippen LogP contribution in [0.1, 0.15) is 57.9 Å². The van der Waals surface area contributed by atoms with Gasteiger partial charge in [0, 0.05) is 42.5 Å². The van der Waals surface area contributed by atoms with Crippen LogP contribution in [0.5, 0.6) is 23.0 Å². The summed E-state index contributed by atoms with van der Waals surface area (Å²) in [5.74, 6) is 0.442. The van der Waals surface area contributed by atoms with Crippen molar-refractivity contribution in [3.05, 3.63) is 169 Å². The van der Waals surface area contributed by atoms with Crippen LogP contribution in [0.25, 0.3) is 16.0 Å². The lowest BCUT2D eigenvalue weighted by Crippen LogP contribution is -2.32. The molecule has 0 saturated heterocycles. The van der Waals surface area contributed by atoms with Gasteiger partial charge in [0.1, 0.15) is 55.5 Å². The molecule has 0 unspecified atom stereocenters. The molecule has 316 valence electrons. The van der Waals surface area contributed by atoms with Gasteiger partial charge in [-0.05, 0) is 102 Å². The molecule has 0 fully saturated rings. The minimum absolute atomic E-state index is 0.0892. The van der Waals surface area contributed by atoms with Crippen molar-refractivity contribution in [3.8, 4) is 40.2 Å². The second-order valence-electron chi connectivity index (χ2n) is 14.8. The number of aryl methyl sites for hydroxylation is 1. The summed E-state index contributed by atoms with van der Waals surface area (Å²) in [5, 5.41) is 29.8. The van der Waals surface area contributed by atoms with Crippen LogP contribution in [0, 0.1) is 37.2 Å². The molecule has 0 spiro atoms. The SMILES string of the molecule is [C-]#[N+]c1cncc(COc2cc(OCc3cccc(-c4cccc(COc5cc(OCc6cncc(C#N)c6)c(Cl)cc5Cl)c4C)c3C)c(Cl)cc2CC[C@](C)(CO)C(=O)O)c1. The largest absolute Gasteiger partial charge is 0.488 e. The van der Waals surface area contributed by atoms with Crippen molar-refractivity contribution >= 4 is 46.5 Å². The van der Waals surface area contributed by atoms with Crippen LogP contribution in [-0.4, -0.2) is 32.8 Å². The highest BCUT2D eigenvalue weighted by atomic mass is 35.5. The molecule has 2 aromatic heterocycles. The van der Waals surface area contributed by atoms with E-state index < -0.39 is 18.0 Å². The first kappa shape index (κ1) is 45.2. The Kier molecular flexibility index (Phi) is 14.9. The number of carboxylic acids is 1. The predicted octanol–water partition coefficient (Wildman–Crippen LogP) is 11.5. The molecule has 62 heavy (non-hydrogen) atoms. The fourth-order valence-electron chi connectivity index (χ4n) is 6.55. The summed E-state index contributed by atoms with van der Waals surface area (Å²) in [6.07, 6.45) is 6.55. The van der Waals surface area contributed by atoms with Gasteiger partial charge in [-0.25, -0.2) is 4.85 Å². The molecule has 0 aliphatic heterocycles. The molecule has 0 bridgehead atoms. The number of aliphatic hydroxyl groups is 1. The van der Waals surface area contributed by atoms with E-state index in [1.807, 2.05) is 38.1 Å². The number of nitriles is 1. The van der Waals surface area contributed by atoms with Crippen molar-refractivity contribution in [1.82, 2.24) is 9.97 Å². The Bertz CT molecular complexity index is 2700. The van der Waals surface area contributed by atoms with Gasteiger partial charge in [0.25, 0.3) is 0 Å². The van der Waals surface area contributed by atoms with Crippen molar-refractivity contribution in [2.24, 2.45) is 5.41 Å². The first-order valence-corrected chi connectivity index (χ1v) is 20.5. The summed E-state index contributed by atoms with van der Waals surface area (Å²) in [6, 6.07) is 24.1. The van der Waals surface area contributed by atoms with Gasteiger partial charge in [0.2, 0.25) is 5.69 Å². The average Bonchev–Trinajstić information content (AvgIpc) is 3.27. The average molecular weight is 892 g/mol. The van der Waals surface area contributed by atoms with Gasteiger partial charge in [0.15, 0.2) is 0 Å². The van der Waals surface area contributed by atoms with Gasteiger partial charge in [0.05, 0.1) is 39.2 Å². The number of aliphatic hydroxyl groups excluding tert-OH is 1. The van der Waals surface area contributed by atoms with Crippen molar-refractivity contribution in [3.63, 3.8) is 0 Å². The normalized spacial score (nSPS) is 11.8. The van der Waals surface area contributed by atoms with E-state index in [0.717, 1.165) is 33.4 Å². The maximum Gasteiger partial charge on any atom is 0.311 e. The van der Waals surface area contributed by atoms with E-state index in [-0.39, 0.29) is 39.3 Å². The fraction of sp³-hybridized carbons (Fsp3) is 0.229. The molecular formula is C48H41Cl3N4O7. The zero-order valence-electron chi connectivity index (χ0n) is 34.0. The zero-order valence-corrected chi connectivity index (χ0v) is 36.3. The monoisotopic (exact) mass is 890 g/mol. The van der Waals surface area contributed by atoms with E-state index in [2.05, 4.69) is 33.0 Å². The molecule has 2 N–H and O–H groups in total. The van der Waals surface area contributed by atoms with Crippen molar-refractivity contribution in [2.75, 3.05) is 6.61 Å². The number of carbonyl (C=O) groups is 1. The smallest absolute Gasteiger partial charge is 0.311 e. The number of benzene rings is 4. The number of nitrogens with zero attached hydrogens (tertiary/aromatic N) is 4. The second kappa shape index (κ2) is 20.5. The van der Waals surface area contributed by atoms with Gasteiger partial charge in [-0.3, -0.25) is 14.8 Å². The molecule has 14 heteroatoms. The Morgan fingerprint density at radius 3 is 1.79 bits per heavy atom. The molecule has 4 aromatic carbocycles. The maximum atomic E-state index is 11.9. The lowest BCUT2D eigenvalue weighted by atomic mass is 9.85. The third kappa shape index (κ3) is 10.9. The van der Waals surface area contributed by atoms with Crippen LogP contribution in [0.2, 0.25) is 15.1 Å². The first-order chi connectivity index (χ1) is 29.8. The number of hydrogen-bond acceptors (Lipinski definition) is 9. The minimum atomic E-state index is -1.36. The fourth-order valence-corrected chi connectivity index (χ4v) is 7.28. The van der Waals surface area contributed by atoms with Crippen LogP contribution >= 0.6 is 34.8 Å². The highest BCUT2D eigenvalue weighted by molar-refractivity contribution is 6.36. The second-order valence-corrected chi connectivity index (χ2v) is 16.0. The molecule has 11 nitrogen and oxygen atoms in total. The van der Waals surface area contributed by atoms with E-state index in [0.29, 0.717) is 66.0 Å². The summed E-state index contributed by atoms with van der Waals surface area (Å²) >= 11 is 19.8. The van der Waals surface area contributed by atoms with Crippen LogP contribution in [0.3, 0.4) is 0 Å². The van der Waals surface area contributed by atoms with Crippen LogP contribution in [-0.2, 0) is 37.6 Å². The van der Waals surface area contributed by atoms with Crippen LogP contribution < -0.4 is 18.9 Å². The molecule has 0 radical (unpaired) electrons. The molecule has 0 aliphatic carbocycles. The number of ether oxygens (including phenoxy) is 4. The molecule has 0 aliphatic rings. The summed E-state index contributed by atoms with van der Waals surface area (Å²) in [6.45, 7) is 13.0. The van der Waals surface area contributed by atoms with Gasteiger partial charge < -0.3 is 29.2 Å². The van der Waals surface area contributed by atoms with E-state index in [1.165, 1.54) is 19.3 Å². The van der Waals surface area contributed by atoms with E-state index in [4.69, 9.17) is 60.3 Å². The molecule has 1 atom stereocenters. The zero-order chi connectivity index (χ0) is 44.4. The van der Waals surface area contributed by atoms with E-state index in [1.54, 1.807) is 48.8 Å². The highest BCUT2D eigenvalue weighted by Crippen LogP contribution is 2.39. The number of halogens is 3. The number of rotatable bonds is 18. The molecule has 0 amide bonds. The number of aliphatic carboxylic acids is 1. The van der Waals surface area contributed by atoms with E-state index >= 15 is 0 Å². The van der Waals surface area contributed by atoms with Gasteiger partial charge in [-0.2, -0.15) is 5.26 Å². The Labute approximate surface area is 374 Å². The highest BCUT2D eigenvalue weighted by Gasteiger charge is 2.32. The van der Waals surface area contributed by atoms with Crippen LogP contribution in [0.4, 0.5) is 5.69 Å². The maximum absolute atomic E-state index is 11.9. The third-order valence-corrected chi connectivity index (χ3v) is 11.4. The number of hydrogen-bond donors (Lipinski definition) is 2. The Morgan fingerprint density at radius 1 is 0.726 bits per heavy atom. The lowest BCUT2D eigenvalue weighted by Gasteiger charge is -2.23. The molecular weight excluding hydrogens is 851 g/mol. The number of aromatic nitrogens is 2. The van der Waals surface area contributed by atoms with Crippen molar-refractivity contribution in [2.45, 2.75) is 60.0 Å². The number of pyridine rings is 2. The topological polar surface area (TPSA) is 148 Å². The predicted molar refractivity (Wildman–Crippen MR) is 237 cm³/mol. The summed E-state index contributed by atoms with van der Waals surface area (Å²) in [4.78, 5) is 23.6. The molecule has 2 heterocycles. The number of carboxylic acid groups (broad SMARTS) is 1. The van der Waals surface area contributed by atoms with Gasteiger partial charge >= 0.3 is 5.97 Å². The van der Waals surface area contributed by atoms with Gasteiger partial charge in [-0.15, -0.1) is 0 Å². The molecule has 6 aromatic rings. The van der Waals surface area contributed by atoms with E-state index in [9.17, 15) is 20.3 Å². The third-order valence-electron chi connectivity index (χ3n) is 10.5. The quantitative estimate of drug-likeness (QED) is 0.0799. The van der Waals surface area contributed by atoms with Crippen molar-refractivity contribution in [1.29, 1.82) is 5.26 Å². The van der Waals surface area contributed by atoms with Crippen LogP contribution in [0.15, 0.2) is 97.6 Å². The standard InChI is InChI=1S/C48H41Cl3N4O7/c1-29-35(26-61-44-17-43(59-25-33-14-37(53-4)23-55-22-33)34(15-40(44)49)11-12-48(3,28-56)47(57)58)7-5-9-38(29)39-10-6-8-36(30(39)2)27-62-46-18-45(41(50)16-42(46)51)60-24-32-13-31(19-52)20-54-21-32/h5-10,13-18,20-23,56H,11-12,24-28H2,1-3H3,(H,57,58)/t48-/m1/s1. The Morgan fingerprint density at radius 2 is 1.24 bits per heavy atom. The first-order valence-electron chi connectivity index (χ1n) is 19.3. The molecule has 0 saturated carbocycles. The Hall–Kier alpha value is -6.34. The van der Waals surface area contributed by atoms with Gasteiger partial charge in [-0.1, -0.05) is 71.2 Å². The lowest BCUT2D eigenvalue weighted by molar-refractivity contribution is -0.150. The summed E-state index contributed by atoms with van der Waals surface area (Å²) < 4.78 is 24.7.